The molecule has 2 heterocycles. The Balaban J connectivity index is 2.48. The predicted molar refractivity (Wildman–Crippen MR) is 66.2 cm³/mol. The van der Waals surface area contributed by atoms with Crippen molar-refractivity contribution in [3.8, 4) is 11.5 Å². The van der Waals surface area contributed by atoms with E-state index in [4.69, 9.17) is 4.42 Å². The van der Waals surface area contributed by atoms with Gasteiger partial charge in [-0.3, -0.25) is 0 Å². The van der Waals surface area contributed by atoms with Crippen molar-refractivity contribution in [2.45, 2.75) is 20.1 Å². The Morgan fingerprint density at radius 3 is 2.88 bits per heavy atom. The highest BCUT2D eigenvalue weighted by Crippen LogP contribution is 2.27. The fourth-order valence-electron chi connectivity index (χ4n) is 1.53. The third kappa shape index (κ3) is 2.48. The van der Waals surface area contributed by atoms with Crippen LogP contribution in [0.2, 0.25) is 0 Å². The maximum Gasteiger partial charge on any atom is 0.169 e. The van der Waals surface area contributed by atoms with Crippen molar-refractivity contribution < 1.29 is 9.52 Å². The summed E-state index contributed by atoms with van der Waals surface area (Å²) in [7, 11) is 0. The molecule has 0 spiro atoms. The summed E-state index contributed by atoms with van der Waals surface area (Å²) in [6.07, 6.45) is 0. The van der Waals surface area contributed by atoms with E-state index in [0.717, 1.165) is 5.57 Å². The lowest BCUT2D eigenvalue weighted by molar-refractivity contribution is 0.277. The summed E-state index contributed by atoms with van der Waals surface area (Å²) >= 11 is 3.24. The highest BCUT2D eigenvalue weighted by molar-refractivity contribution is 9.10. The zero-order valence-corrected chi connectivity index (χ0v) is 10.9. The largest absolute Gasteiger partial charge is 0.448 e. The summed E-state index contributed by atoms with van der Waals surface area (Å²) < 4.78 is 7.76. The molecular weight excluding hydrogens is 286 g/mol. The lowest BCUT2D eigenvalue weighted by Crippen LogP contribution is -2.03. The van der Waals surface area contributed by atoms with Crippen LogP contribution in [0.25, 0.3) is 11.5 Å². The first-order valence-corrected chi connectivity index (χ1v) is 5.84. The van der Waals surface area contributed by atoms with Gasteiger partial charge in [-0.1, -0.05) is 17.4 Å². The third-order valence-electron chi connectivity index (χ3n) is 2.18. The molecule has 0 atom stereocenters. The molecule has 0 saturated carbocycles. The van der Waals surface area contributed by atoms with Gasteiger partial charge in [0.15, 0.2) is 10.4 Å². The quantitative estimate of drug-likeness (QED) is 0.880. The molecule has 1 N–H and O–H groups in total. The molecule has 0 bridgehead atoms. The summed E-state index contributed by atoms with van der Waals surface area (Å²) in [5, 5.41) is 17.1. The van der Waals surface area contributed by atoms with Gasteiger partial charge in [0.05, 0.1) is 13.2 Å². The third-order valence-corrected chi connectivity index (χ3v) is 2.61. The Bertz CT molecular complexity index is 545. The lowest BCUT2D eigenvalue weighted by atomic mass is 10.2. The van der Waals surface area contributed by atoms with Crippen LogP contribution in [0.3, 0.4) is 0 Å². The Kier molecular flexibility index (Phi) is 3.44. The van der Waals surface area contributed by atoms with Gasteiger partial charge in [-0.05, 0) is 35.0 Å². The number of halogens is 1. The van der Waals surface area contributed by atoms with Crippen molar-refractivity contribution in [1.29, 1.82) is 0 Å². The van der Waals surface area contributed by atoms with Gasteiger partial charge in [-0.15, -0.1) is 5.10 Å². The van der Waals surface area contributed by atoms with Crippen LogP contribution in [-0.4, -0.2) is 20.1 Å². The first kappa shape index (κ1) is 12.1. The number of furan rings is 1. The minimum atomic E-state index is -0.177. The molecule has 0 amide bonds. The average Bonchev–Trinajstić information content (AvgIpc) is 2.83. The summed E-state index contributed by atoms with van der Waals surface area (Å²) in [6.45, 7) is 6.10. The second-order valence-electron chi connectivity index (χ2n) is 3.76. The van der Waals surface area contributed by atoms with E-state index in [9.17, 15) is 5.11 Å². The first-order chi connectivity index (χ1) is 8.11. The molecule has 0 aliphatic rings. The van der Waals surface area contributed by atoms with Gasteiger partial charge in [0.25, 0.3) is 0 Å². The number of nitrogens with zero attached hydrogens (tertiary/aromatic N) is 3. The molecule has 0 fully saturated rings. The van der Waals surface area contributed by atoms with E-state index in [1.165, 1.54) is 0 Å². The van der Waals surface area contributed by atoms with Gasteiger partial charge in [0, 0.05) is 0 Å². The highest BCUT2D eigenvalue weighted by atomic mass is 79.9. The predicted octanol–water partition coefficient (Wildman–Crippen LogP) is 2.37. The average molecular weight is 298 g/mol. The normalized spacial score (nSPS) is 10.8. The molecule has 2 rings (SSSR count). The van der Waals surface area contributed by atoms with E-state index in [1.807, 2.05) is 6.92 Å². The Labute approximate surface area is 107 Å². The molecule has 0 radical (unpaired) electrons. The van der Waals surface area contributed by atoms with Crippen molar-refractivity contribution in [2.24, 2.45) is 0 Å². The monoisotopic (exact) mass is 297 g/mol. The van der Waals surface area contributed by atoms with Gasteiger partial charge >= 0.3 is 0 Å². The number of rotatable bonds is 4. The van der Waals surface area contributed by atoms with Crippen LogP contribution < -0.4 is 0 Å². The molecule has 0 aromatic carbocycles. The van der Waals surface area contributed by atoms with E-state index in [0.29, 0.717) is 28.4 Å². The standard InChI is InChI=1S/C11H12BrN3O2/c1-7(2)5-15-11(8(6-16)13-14-15)9-3-4-10(12)17-9/h3-4,16H,1,5-6H2,2H3. The minimum Gasteiger partial charge on any atom is -0.448 e. The number of aliphatic hydroxyl groups excluding tert-OH is 1. The van der Waals surface area contributed by atoms with Crippen LogP contribution in [0.4, 0.5) is 0 Å². The molecule has 0 saturated heterocycles. The molecule has 5 nitrogen and oxygen atoms in total. The fourth-order valence-corrected chi connectivity index (χ4v) is 1.84. The van der Waals surface area contributed by atoms with E-state index < -0.39 is 0 Å². The van der Waals surface area contributed by atoms with Gasteiger partial charge in [0.1, 0.15) is 11.4 Å². The fraction of sp³-hybridized carbons (Fsp3) is 0.273. The number of aliphatic hydroxyl groups is 1. The Morgan fingerprint density at radius 1 is 1.59 bits per heavy atom. The smallest absolute Gasteiger partial charge is 0.169 e. The Hall–Kier alpha value is -1.40. The van der Waals surface area contributed by atoms with Gasteiger partial charge in [-0.25, -0.2) is 4.68 Å². The first-order valence-electron chi connectivity index (χ1n) is 5.05. The zero-order valence-electron chi connectivity index (χ0n) is 9.35. The number of aromatic nitrogens is 3. The molecule has 2 aromatic heterocycles. The van der Waals surface area contributed by atoms with E-state index in [2.05, 4.69) is 32.8 Å². The summed E-state index contributed by atoms with van der Waals surface area (Å²) in [4.78, 5) is 0. The number of hydrogen-bond donors (Lipinski definition) is 1. The maximum absolute atomic E-state index is 9.24. The van der Waals surface area contributed by atoms with Crippen LogP contribution in [0.1, 0.15) is 12.6 Å². The topological polar surface area (TPSA) is 64.1 Å². The molecule has 0 aliphatic carbocycles. The summed E-state index contributed by atoms with van der Waals surface area (Å²) in [5.41, 5.74) is 2.13. The maximum atomic E-state index is 9.24. The second-order valence-corrected chi connectivity index (χ2v) is 4.54. The summed E-state index contributed by atoms with van der Waals surface area (Å²) in [6, 6.07) is 3.59. The van der Waals surface area contributed by atoms with Gasteiger partial charge in [-0.2, -0.15) is 0 Å². The molecule has 0 unspecified atom stereocenters. The number of hydrogen-bond acceptors (Lipinski definition) is 4. The molecule has 2 aromatic rings. The van der Waals surface area contributed by atoms with Crippen LogP contribution in [0.5, 0.6) is 0 Å². The van der Waals surface area contributed by atoms with Crippen molar-refractivity contribution in [2.75, 3.05) is 0 Å². The van der Waals surface area contributed by atoms with Crippen molar-refractivity contribution in [3.05, 3.63) is 34.6 Å². The molecule has 6 heteroatoms. The summed E-state index contributed by atoms with van der Waals surface area (Å²) in [5.74, 6) is 0.618. The van der Waals surface area contributed by atoms with E-state index in [1.54, 1.807) is 16.8 Å². The van der Waals surface area contributed by atoms with Crippen LogP contribution in [-0.2, 0) is 13.2 Å². The molecule has 90 valence electrons. The van der Waals surface area contributed by atoms with Gasteiger partial charge in [0.2, 0.25) is 0 Å². The number of allylic oxidation sites excluding steroid dienone is 1. The van der Waals surface area contributed by atoms with Crippen molar-refractivity contribution in [3.63, 3.8) is 0 Å². The van der Waals surface area contributed by atoms with Crippen molar-refractivity contribution >= 4 is 15.9 Å². The minimum absolute atomic E-state index is 0.177. The molecular formula is C11H12BrN3O2. The molecule has 17 heavy (non-hydrogen) atoms. The Morgan fingerprint density at radius 2 is 2.35 bits per heavy atom. The van der Waals surface area contributed by atoms with Crippen LogP contribution in [0.15, 0.2) is 33.4 Å². The van der Waals surface area contributed by atoms with Crippen LogP contribution >= 0.6 is 15.9 Å². The second kappa shape index (κ2) is 4.85. The van der Waals surface area contributed by atoms with Crippen molar-refractivity contribution in [1.82, 2.24) is 15.0 Å². The van der Waals surface area contributed by atoms with Gasteiger partial charge < -0.3 is 9.52 Å². The lowest BCUT2D eigenvalue weighted by Gasteiger charge is -2.04. The van der Waals surface area contributed by atoms with Crippen LogP contribution in [0, 0.1) is 0 Å². The SMILES string of the molecule is C=C(C)Cn1nnc(CO)c1-c1ccc(Br)o1. The highest BCUT2D eigenvalue weighted by Gasteiger charge is 2.17. The van der Waals surface area contributed by atoms with E-state index in [-0.39, 0.29) is 6.61 Å². The zero-order chi connectivity index (χ0) is 12.4. The van der Waals surface area contributed by atoms with E-state index >= 15 is 0 Å². The molecule has 0 aliphatic heterocycles.